The van der Waals surface area contributed by atoms with Crippen LogP contribution in [-0.2, 0) is 0 Å². The van der Waals surface area contributed by atoms with Crippen molar-refractivity contribution in [3.63, 3.8) is 0 Å². The number of carbonyl (C=O) groups excluding carboxylic acids is 1. The SMILES string of the molecule is O=C(Nc1cccc(Cl)c1F)c1cnc(-c2ccccc2)nc1. The van der Waals surface area contributed by atoms with Crippen LogP contribution in [0.25, 0.3) is 11.4 Å². The lowest BCUT2D eigenvalue weighted by Gasteiger charge is -2.07. The van der Waals surface area contributed by atoms with Gasteiger partial charge in [-0.3, -0.25) is 4.79 Å². The minimum absolute atomic E-state index is 0.00892. The summed E-state index contributed by atoms with van der Waals surface area (Å²) < 4.78 is 13.8. The van der Waals surface area contributed by atoms with Gasteiger partial charge >= 0.3 is 0 Å². The third kappa shape index (κ3) is 3.35. The van der Waals surface area contributed by atoms with E-state index in [0.717, 1.165) is 5.56 Å². The zero-order valence-electron chi connectivity index (χ0n) is 11.8. The van der Waals surface area contributed by atoms with E-state index in [-0.39, 0.29) is 16.3 Å². The maximum atomic E-state index is 13.8. The van der Waals surface area contributed by atoms with E-state index in [0.29, 0.717) is 5.82 Å². The van der Waals surface area contributed by atoms with Gasteiger partial charge in [-0.15, -0.1) is 0 Å². The molecule has 0 fully saturated rings. The molecule has 0 aliphatic heterocycles. The van der Waals surface area contributed by atoms with Crippen LogP contribution in [0.3, 0.4) is 0 Å². The van der Waals surface area contributed by atoms with E-state index in [9.17, 15) is 9.18 Å². The van der Waals surface area contributed by atoms with E-state index in [1.165, 1.54) is 24.5 Å². The zero-order chi connectivity index (χ0) is 16.2. The van der Waals surface area contributed by atoms with Gasteiger partial charge in [-0.2, -0.15) is 0 Å². The number of anilines is 1. The molecule has 0 aliphatic rings. The van der Waals surface area contributed by atoms with Crippen molar-refractivity contribution in [2.75, 3.05) is 5.32 Å². The van der Waals surface area contributed by atoms with Crippen LogP contribution in [0, 0.1) is 5.82 Å². The van der Waals surface area contributed by atoms with E-state index in [4.69, 9.17) is 11.6 Å². The normalized spacial score (nSPS) is 10.3. The van der Waals surface area contributed by atoms with Crippen LogP contribution in [0.2, 0.25) is 5.02 Å². The Kier molecular flexibility index (Phi) is 4.30. The molecule has 3 rings (SSSR count). The summed E-state index contributed by atoms with van der Waals surface area (Å²) in [4.78, 5) is 20.4. The Morgan fingerprint density at radius 3 is 2.39 bits per heavy atom. The fraction of sp³-hybridized carbons (Fsp3) is 0. The molecule has 1 heterocycles. The first-order valence-corrected chi connectivity index (χ1v) is 7.16. The Morgan fingerprint density at radius 1 is 1.00 bits per heavy atom. The Morgan fingerprint density at radius 2 is 1.70 bits per heavy atom. The number of benzene rings is 2. The molecule has 1 N–H and O–H groups in total. The summed E-state index contributed by atoms with van der Waals surface area (Å²) in [5.41, 5.74) is 1.08. The minimum atomic E-state index is -0.677. The predicted octanol–water partition coefficient (Wildman–Crippen LogP) is 4.19. The van der Waals surface area contributed by atoms with Gasteiger partial charge in [0.2, 0.25) is 0 Å². The topological polar surface area (TPSA) is 54.9 Å². The monoisotopic (exact) mass is 327 g/mol. The number of nitrogens with zero attached hydrogens (tertiary/aromatic N) is 2. The van der Waals surface area contributed by atoms with E-state index in [1.54, 1.807) is 6.07 Å². The molecule has 0 saturated carbocycles. The summed E-state index contributed by atoms with van der Waals surface area (Å²) in [5.74, 6) is -0.675. The lowest BCUT2D eigenvalue weighted by molar-refractivity contribution is 0.102. The first kappa shape index (κ1) is 15.1. The average Bonchev–Trinajstić information content (AvgIpc) is 2.60. The van der Waals surface area contributed by atoms with Crippen LogP contribution in [0.5, 0.6) is 0 Å². The summed E-state index contributed by atoms with van der Waals surface area (Å²) in [6.07, 6.45) is 2.79. The molecule has 1 aromatic heterocycles. The number of rotatable bonds is 3. The summed E-state index contributed by atoms with van der Waals surface area (Å²) in [7, 11) is 0. The molecule has 0 spiro atoms. The first-order valence-electron chi connectivity index (χ1n) is 6.78. The van der Waals surface area contributed by atoms with Gasteiger partial charge in [0.1, 0.15) is 0 Å². The van der Waals surface area contributed by atoms with Crippen molar-refractivity contribution in [1.82, 2.24) is 9.97 Å². The molecule has 2 aromatic carbocycles. The van der Waals surface area contributed by atoms with Crippen molar-refractivity contribution in [2.45, 2.75) is 0 Å². The fourth-order valence-electron chi connectivity index (χ4n) is 1.98. The van der Waals surface area contributed by atoms with E-state index >= 15 is 0 Å². The van der Waals surface area contributed by atoms with Gasteiger partial charge < -0.3 is 5.32 Å². The standard InChI is InChI=1S/C17H11ClFN3O/c18-13-7-4-8-14(15(13)19)22-17(23)12-9-20-16(21-10-12)11-5-2-1-3-6-11/h1-10H,(H,22,23). The van der Waals surface area contributed by atoms with Crippen LogP contribution in [0.4, 0.5) is 10.1 Å². The number of aromatic nitrogens is 2. The molecule has 0 saturated heterocycles. The summed E-state index contributed by atoms with van der Waals surface area (Å²) in [6.45, 7) is 0. The van der Waals surface area contributed by atoms with Crippen molar-refractivity contribution < 1.29 is 9.18 Å². The number of carbonyl (C=O) groups is 1. The molecule has 0 bridgehead atoms. The highest BCUT2D eigenvalue weighted by Crippen LogP contribution is 2.22. The minimum Gasteiger partial charge on any atom is -0.319 e. The Hall–Kier alpha value is -2.79. The molecular formula is C17H11ClFN3O. The molecule has 114 valence electrons. The second-order valence-corrected chi connectivity index (χ2v) is 5.12. The van der Waals surface area contributed by atoms with Crippen LogP contribution in [-0.4, -0.2) is 15.9 Å². The Bertz CT molecular complexity index is 838. The van der Waals surface area contributed by atoms with E-state index in [1.807, 2.05) is 30.3 Å². The number of nitrogens with one attached hydrogen (secondary N) is 1. The van der Waals surface area contributed by atoms with Crippen molar-refractivity contribution in [3.05, 3.63) is 77.3 Å². The summed E-state index contributed by atoms with van der Waals surface area (Å²) in [6, 6.07) is 13.8. The molecule has 0 atom stereocenters. The highest BCUT2D eigenvalue weighted by molar-refractivity contribution is 6.31. The van der Waals surface area contributed by atoms with Gasteiger partial charge in [0.15, 0.2) is 11.6 Å². The molecule has 0 aliphatic carbocycles. The number of hydrogen-bond acceptors (Lipinski definition) is 3. The van der Waals surface area contributed by atoms with Crippen LogP contribution < -0.4 is 5.32 Å². The molecule has 23 heavy (non-hydrogen) atoms. The molecule has 4 nitrogen and oxygen atoms in total. The van der Waals surface area contributed by atoms with Crippen molar-refractivity contribution >= 4 is 23.2 Å². The zero-order valence-corrected chi connectivity index (χ0v) is 12.6. The molecule has 6 heteroatoms. The highest BCUT2D eigenvalue weighted by Gasteiger charge is 2.12. The Balaban J connectivity index is 1.79. The molecular weight excluding hydrogens is 317 g/mol. The molecule has 3 aromatic rings. The lowest BCUT2D eigenvalue weighted by Crippen LogP contribution is -2.14. The van der Waals surface area contributed by atoms with Crippen LogP contribution in [0.15, 0.2) is 60.9 Å². The van der Waals surface area contributed by atoms with Crippen LogP contribution in [0.1, 0.15) is 10.4 Å². The maximum absolute atomic E-state index is 13.8. The van der Waals surface area contributed by atoms with E-state index < -0.39 is 11.7 Å². The number of amides is 1. The second kappa shape index (κ2) is 6.54. The Labute approximate surface area is 137 Å². The maximum Gasteiger partial charge on any atom is 0.258 e. The van der Waals surface area contributed by atoms with Gasteiger partial charge in [0.05, 0.1) is 16.3 Å². The predicted molar refractivity (Wildman–Crippen MR) is 86.8 cm³/mol. The highest BCUT2D eigenvalue weighted by atomic mass is 35.5. The van der Waals surface area contributed by atoms with Gasteiger partial charge in [-0.1, -0.05) is 48.0 Å². The number of hydrogen-bond donors (Lipinski definition) is 1. The summed E-state index contributed by atoms with van der Waals surface area (Å²) in [5, 5.41) is 2.39. The fourth-order valence-corrected chi connectivity index (χ4v) is 2.15. The van der Waals surface area contributed by atoms with Crippen molar-refractivity contribution in [1.29, 1.82) is 0 Å². The summed E-state index contributed by atoms with van der Waals surface area (Å²) >= 11 is 5.68. The van der Waals surface area contributed by atoms with Crippen LogP contribution >= 0.6 is 11.6 Å². The van der Waals surface area contributed by atoms with Gasteiger partial charge in [0, 0.05) is 18.0 Å². The average molecular weight is 328 g/mol. The third-order valence-electron chi connectivity index (χ3n) is 3.15. The smallest absolute Gasteiger partial charge is 0.258 e. The van der Waals surface area contributed by atoms with Crippen molar-refractivity contribution in [2.24, 2.45) is 0 Å². The third-order valence-corrected chi connectivity index (χ3v) is 3.44. The van der Waals surface area contributed by atoms with Gasteiger partial charge in [0.25, 0.3) is 5.91 Å². The second-order valence-electron chi connectivity index (χ2n) is 4.72. The van der Waals surface area contributed by atoms with Crippen molar-refractivity contribution in [3.8, 4) is 11.4 Å². The molecule has 1 amide bonds. The first-order chi connectivity index (χ1) is 11.1. The molecule has 0 radical (unpaired) electrons. The number of halogens is 2. The molecule has 0 unspecified atom stereocenters. The lowest BCUT2D eigenvalue weighted by atomic mass is 10.2. The largest absolute Gasteiger partial charge is 0.319 e. The van der Waals surface area contributed by atoms with Gasteiger partial charge in [-0.05, 0) is 12.1 Å². The van der Waals surface area contributed by atoms with Gasteiger partial charge in [-0.25, -0.2) is 14.4 Å². The van der Waals surface area contributed by atoms with E-state index in [2.05, 4.69) is 15.3 Å². The quantitative estimate of drug-likeness (QED) is 0.784.